The molecule has 4 rings (SSSR count). The second kappa shape index (κ2) is 10.1. The molecule has 8 heteroatoms. The SMILES string of the molecule is COc1c(C(=O)NCCCOC(C)C)sc2c1c(=O)n(Cc1ccccn1)c1ccccc21. The molecule has 7 nitrogen and oxygen atoms in total. The van der Waals surface area contributed by atoms with E-state index in [2.05, 4.69) is 10.3 Å². The summed E-state index contributed by atoms with van der Waals surface area (Å²) in [5, 5.41) is 4.24. The highest BCUT2D eigenvalue weighted by Crippen LogP contribution is 2.39. The third-order valence-corrected chi connectivity index (χ3v) is 6.48. The summed E-state index contributed by atoms with van der Waals surface area (Å²) in [6, 6.07) is 13.3. The molecule has 0 aliphatic carbocycles. The van der Waals surface area contributed by atoms with E-state index in [1.54, 1.807) is 10.8 Å². The van der Waals surface area contributed by atoms with Crippen LogP contribution in [0.4, 0.5) is 0 Å². The number of para-hydroxylation sites is 1. The van der Waals surface area contributed by atoms with Crippen molar-refractivity contribution in [3.05, 3.63) is 69.6 Å². The number of carbonyl (C=O) groups excluding carboxylic acids is 1. The molecule has 0 unspecified atom stereocenters. The highest BCUT2D eigenvalue weighted by atomic mass is 32.1. The van der Waals surface area contributed by atoms with Crippen LogP contribution in [-0.2, 0) is 11.3 Å². The number of pyridine rings is 2. The van der Waals surface area contributed by atoms with Crippen LogP contribution >= 0.6 is 11.3 Å². The summed E-state index contributed by atoms with van der Waals surface area (Å²) in [5.74, 6) is 0.0637. The van der Waals surface area contributed by atoms with Gasteiger partial charge in [0.2, 0.25) is 0 Å². The summed E-state index contributed by atoms with van der Waals surface area (Å²) in [5.41, 5.74) is 1.37. The molecular formula is C25H27N3O4S. The van der Waals surface area contributed by atoms with Gasteiger partial charge >= 0.3 is 0 Å². The molecule has 0 saturated heterocycles. The number of fused-ring (bicyclic) bond motifs is 3. The van der Waals surface area contributed by atoms with Gasteiger partial charge in [0.05, 0.1) is 35.7 Å². The lowest BCUT2D eigenvalue weighted by atomic mass is 10.1. The van der Waals surface area contributed by atoms with E-state index in [0.29, 0.717) is 42.1 Å². The van der Waals surface area contributed by atoms with E-state index in [1.165, 1.54) is 18.4 Å². The van der Waals surface area contributed by atoms with Crippen LogP contribution < -0.4 is 15.6 Å². The number of hydrogen-bond donors (Lipinski definition) is 1. The number of benzene rings is 1. The van der Waals surface area contributed by atoms with E-state index >= 15 is 0 Å². The minimum atomic E-state index is -0.252. The van der Waals surface area contributed by atoms with Gasteiger partial charge in [0.25, 0.3) is 11.5 Å². The molecule has 0 bridgehead atoms. The Morgan fingerprint density at radius 3 is 2.70 bits per heavy atom. The lowest BCUT2D eigenvalue weighted by Gasteiger charge is -2.11. The minimum absolute atomic E-state index is 0.157. The van der Waals surface area contributed by atoms with Gasteiger partial charge in [-0.2, -0.15) is 0 Å². The molecule has 4 aromatic rings. The van der Waals surface area contributed by atoms with Crippen molar-refractivity contribution in [2.75, 3.05) is 20.3 Å². The highest BCUT2D eigenvalue weighted by molar-refractivity contribution is 7.22. The summed E-state index contributed by atoms with van der Waals surface area (Å²) < 4.78 is 13.6. The van der Waals surface area contributed by atoms with E-state index in [-0.39, 0.29) is 17.6 Å². The Hall–Kier alpha value is -3.23. The lowest BCUT2D eigenvalue weighted by Crippen LogP contribution is -2.25. The molecule has 0 aliphatic rings. The number of amides is 1. The van der Waals surface area contributed by atoms with Gasteiger partial charge in [-0.3, -0.25) is 14.6 Å². The van der Waals surface area contributed by atoms with Crippen LogP contribution in [0.15, 0.2) is 53.5 Å². The van der Waals surface area contributed by atoms with Crippen LogP contribution in [0.25, 0.3) is 21.0 Å². The molecule has 0 radical (unpaired) electrons. The molecule has 172 valence electrons. The zero-order valence-corrected chi connectivity index (χ0v) is 19.8. The first kappa shape index (κ1) is 22.9. The van der Waals surface area contributed by atoms with Crippen LogP contribution in [0.2, 0.25) is 0 Å². The monoisotopic (exact) mass is 465 g/mol. The normalized spacial score (nSPS) is 11.4. The van der Waals surface area contributed by atoms with Gasteiger partial charge < -0.3 is 19.4 Å². The maximum Gasteiger partial charge on any atom is 0.265 e. The van der Waals surface area contributed by atoms with E-state index < -0.39 is 0 Å². The molecule has 3 heterocycles. The summed E-state index contributed by atoms with van der Waals surface area (Å²) in [4.78, 5) is 31.4. The van der Waals surface area contributed by atoms with Gasteiger partial charge in [0, 0.05) is 24.7 Å². The summed E-state index contributed by atoms with van der Waals surface area (Å²) in [6.07, 6.45) is 2.57. The second-order valence-corrected chi connectivity index (χ2v) is 8.95. The standard InChI is InChI=1S/C25H27N3O4S/c1-16(2)32-14-8-13-27-24(29)23-21(31-3)20-22(33-23)18-10-4-5-11-19(18)28(25(20)30)15-17-9-6-7-12-26-17/h4-7,9-12,16H,8,13-15H2,1-3H3,(H,27,29). The maximum absolute atomic E-state index is 13.6. The average molecular weight is 466 g/mol. The summed E-state index contributed by atoms with van der Waals surface area (Å²) >= 11 is 1.29. The summed E-state index contributed by atoms with van der Waals surface area (Å²) in [6.45, 7) is 5.34. The van der Waals surface area contributed by atoms with Crippen LogP contribution in [-0.4, -0.2) is 41.8 Å². The molecule has 1 N–H and O–H groups in total. The molecule has 33 heavy (non-hydrogen) atoms. The van der Waals surface area contributed by atoms with Gasteiger partial charge in [-0.1, -0.05) is 24.3 Å². The Bertz CT molecular complexity index is 1330. The number of carbonyl (C=O) groups is 1. The number of nitrogens with one attached hydrogen (secondary N) is 1. The Morgan fingerprint density at radius 1 is 1.18 bits per heavy atom. The van der Waals surface area contributed by atoms with Crippen molar-refractivity contribution in [2.24, 2.45) is 0 Å². The van der Waals surface area contributed by atoms with Gasteiger partial charge in [0.1, 0.15) is 10.3 Å². The fourth-order valence-corrected chi connectivity index (χ4v) is 4.99. The Balaban J connectivity index is 1.76. The smallest absolute Gasteiger partial charge is 0.265 e. The second-order valence-electron chi connectivity index (χ2n) is 7.93. The van der Waals surface area contributed by atoms with Crippen LogP contribution in [0, 0.1) is 0 Å². The number of ether oxygens (including phenoxy) is 2. The number of nitrogens with zero attached hydrogens (tertiary/aromatic N) is 2. The first-order chi connectivity index (χ1) is 16.0. The molecule has 0 aliphatic heterocycles. The molecule has 0 spiro atoms. The Morgan fingerprint density at radius 2 is 1.97 bits per heavy atom. The first-order valence-electron chi connectivity index (χ1n) is 10.9. The Kier molecular flexibility index (Phi) is 7.05. The fraction of sp³-hybridized carbons (Fsp3) is 0.320. The third-order valence-electron chi connectivity index (χ3n) is 5.28. The van der Waals surface area contributed by atoms with Crippen LogP contribution in [0.1, 0.15) is 35.6 Å². The number of methoxy groups -OCH3 is 1. The zero-order chi connectivity index (χ0) is 23.4. The van der Waals surface area contributed by atoms with Gasteiger partial charge in [0.15, 0.2) is 5.75 Å². The van der Waals surface area contributed by atoms with E-state index in [9.17, 15) is 9.59 Å². The van der Waals surface area contributed by atoms with Crippen molar-refractivity contribution in [3.63, 3.8) is 0 Å². The molecular weight excluding hydrogens is 438 g/mol. The van der Waals surface area contributed by atoms with Gasteiger partial charge in [-0.05, 0) is 38.5 Å². The molecule has 3 aromatic heterocycles. The minimum Gasteiger partial charge on any atom is -0.494 e. The van der Waals surface area contributed by atoms with Crippen molar-refractivity contribution >= 4 is 38.2 Å². The highest BCUT2D eigenvalue weighted by Gasteiger charge is 2.24. The Labute approximate surface area is 196 Å². The van der Waals surface area contributed by atoms with Crippen molar-refractivity contribution in [1.82, 2.24) is 14.9 Å². The predicted molar refractivity (Wildman–Crippen MR) is 132 cm³/mol. The number of hydrogen-bond acceptors (Lipinski definition) is 6. The molecule has 1 aromatic carbocycles. The van der Waals surface area contributed by atoms with Crippen molar-refractivity contribution in [2.45, 2.75) is 32.9 Å². The van der Waals surface area contributed by atoms with Crippen LogP contribution in [0.3, 0.4) is 0 Å². The molecule has 0 atom stereocenters. The molecule has 0 fully saturated rings. The van der Waals surface area contributed by atoms with E-state index in [4.69, 9.17) is 9.47 Å². The molecule has 0 saturated carbocycles. The van der Waals surface area contributed by atoms with Gasteiger partial charge in [-0.25, -0.2) is 0 Å². The quantitative estimate of drug-likeness (QED) is 0.375. The largest absolute Gasteiger partial charge is 0.494 e. The predicted octanol–water partition coefficient (Wildman–Crippen LogP) is 4.21. The van der Waals surface area contributed by atoms with Crippen molar-refractivity contribution < 1.29 is 14.3 Å². The fourth-order valence-electron chi connectivity index (χ4n) is 3.77. The van der Waals surface area contributed by atoms with E-state index in [0.717, 1.165) is 21.3 Å². The first-order valence-corrected chi connectivity index (χ1v) is 11.7. The number of thiophene rings is 1. The third kappa shape index (κ3) is 4.77. The van der Waals surface area contributed by atoms with E-state index in [1.807, 2.05) is 56.3 Å². The number of aromatic nitrogens is 2. The van der Waals surface area contributed by atoms with Crippen molar-refractivity contribution in [3.8, 4) is 5.75 Å². The molecule has 1 amide bonds. The zero-order valence-electron chi connectivity index (χ0n) is 19.0. The number of rotatable bonds is 9. The lowest BCUT2D eigenvalue weighted by molar-refractivity contribution is 0.0757. The van der Waals surface area contributed by atoms with Gasteiger partial charge in [-0.15, -0.1) is 11.3 Å². The van der Waals surface area contributed by atoms with Crippen molar-refractivity contribution in [1.29, 1.82) is 0 Å². The summed E-state index contributed by atoms with van der Waals surface area (Å²) in [7, 11) is 1.49. The van der Waals surface area contributed by atoms with Crippen LogP contribution in [0.5, 0.6) is 5.75 Å². The maximum atomic E-state index is 13.6. The topological polar surface area (TPSA) is 82.5 Å². The average Bonchev–Trinajstić information content (AvgIpc) is 3.22.